The third-order valence-electron chi connectivity index (χ3n) is 4.37. The molecule has 29 heavy (non-hydrogen) atoms. The van der Waals surface area contributed by atoms with Gasteiger partial charge in [-0.2, -0.15) is 0 Å². The van der Waals surface area contributed by atoms with Crippen molar-refractivity contribution in [3.8, 4) is 11.4 Å². The molecule has 0 aliphatic carbocycles. The van der Waals surface area contributed by atoms with E-state index < -0.39 is 29.6 Å². The molecular weight excluding hydrogens is 380 g/mol. The van der Waals surface area contributed by atoms with E-state index in [1.807, 2.05) is 6.07 Å². The molecule has 0 atom stereocenters. The van der Waals surface area contributed by atoms with Gasteiger partial charge in [0.15, 0.2) is 0 Å². The Kier molecular flexibility index (Phi) is 6.13. The summed E-state index contributed by atoms with van der Waals surface area (Å²) in [7, 11) is 0. The molecule has 0 saturated carbocycles. The van der Waals surface area contributed by atoms with Gasteiger partial charge >= 0.3 is 0 Å². The number of benzene rings is 2. The number of aliphatic hydroxyl groups excluding tert-OH is 1. The Hall–Kier alpha value is -3.39. The summed E-state index contributed by atoms with van der Waals surface area (Å²) < 4.78 is 28.1. The Morgan fingerprint density at radius 3 is 2.55 bits per heavy atom. The molecule has 3 rings (SSSR count). The van der Waals surface area contributed by atoms with Crippen LogP contribution in [0.15, 0.2) is 53.3 Å². The molecule has 3 aromatic rings. The van der Waals surface area contributed by atoms with Crippen LogP contribution < -0.4 is 10.9 Å². The van der Waals surface area contributed by atoms with Crippen LogP contribution in [0.25, 0.3) is 11.4 Å². The van der Waals surface area contributed by atoms with Crippen molar-refractivity contribution in [1.29, 1.82) is 0 Å². The molecule has 0 fully saturated rings. The number of carbonyl (C=O) groups is 1. The summed E-state index contributed by atoms with van der Waals surface area (Å²) in [5, 5.41) is 11.6. The van der Waals surface area contributed by atoms with E-state index in [0.29, 0.717) is 22.9 Å². The smallest absolute Gasteiger partial charge is 0.257 e. The number of aryl methyl sites for hydroxylation is 1. The topological polar surface area (TPSA) is 84.2 Å². The molecule has 1 amide bonds. The molecule has 1 aromatic heterocycles. The van der Waals surface area contributed by atoms with Crippen molar-refractivity contribution in [2.75, 3.05) is 11.9 Å². The van der Waals surface area contributed by atoms with E-state index in [1.54, 1.807) is 31.2 Å². The summed E-state index contributed by atoms with van der Waals surface area (Å²) >= 11 is 0. The lowest BCUT2D eigenvalue weighted by Gasteiger charge is -2.16. The van der Waals surface area contributed by atoms with Crippen molar-refractivity contribution >= 4 is 11.6 Å². The van der Waals surface area contributed by atoms with Crippen molar-refractivity contribution < 1.29 is 18.7 Å². The highest BCUT2D eigenvalue weighted by molar-refractivity contribution is 5.91. The van der Waals surface area contributed by atoms with Gasteiger partial charge in [0.25, 0.3) is 5.56 Å². The molecule has 0 aliphatic rings. The SMILES string of the molecule is Cc1nc(-c2ccccc2)n(CC(=O)Nc2ccc(F)cc2F)c(=O)c1CCO. The van der Waals surface area contributed by atoms with E-state index in [4.69, 9.17) is 0 Å². The van der Waals surface area contributed by atoms with Crippen LogP contribution in [0.1, 0.15) is 11.3 Å². The van der Waals surface area contributed by atoms with Gasteiger partial charge < -0.3 is 10.4 Å². The summed E-state index contributed by atoms with van der Waals surface area (Å²) in [6.45, 7) is 0.998. The van der Waals surface area contributed by atoms with E-state index in [1.165, 1.54) is 4.57 Å². The number of rotatable bonds is 6. The second-order valence-corrected chi connectivity index (χ2v) is 6.40. The molecule has 0 spiro atoms. The zero-order valence-electron chi connectivity index (χ0n) is 15.7. The monoisotopic (exact) mass is 399 g/mol. The molecular formula is C21H19F2N3O3. The Morgan fingerprint density at radius 1 is 1.17 bits per heavy atom. The van der Waals surface area contributed by atoms with Crippen LogP contribution in [0.5, 0.6) is 0 Å². The predicted molar refractivity (Wildman–Crippen MR) is 104 cm³/mol. The van der Waals surface area contributed by atoms with Crippen LogP contribution in [0.4, 0.5) is 14.5 Å². The first kappa shape index (κ1) is 20.3. The van der Waals surface area contributed by atoms with Gasteiger partial charge in [-0.25, -0.2) is 13.8 Å². The minimum absolute atomic E-state index is 0.0982. The van der Waals surface area contributed by atoms with E-state index >= 15 is 0 Å². The molecule has 0 unspecified atom stereocenters. The van der Waals surface area contributed by atoms with E-state index in [9.17, 15) is 23.5 Å². The summed E-state index contributed by atoms with van der Waals surface area (Å²) in [6, 6.07) is 11.6. The first-order valence-corrected chi connectivity index (χ1v) is 8.92. The minimum atomic E-state index is -0.919. The lowest BCUT2D eigenvalue weighted by atomic mass is 10.1. The first-order valence-electron chi connectivity index (χ1n) is 8.92. The number of nitrogens with zero attached hydrogens (tertiary/aromatic N) is 2. The predicted octanol–water partition coefficient (Wildman–Crippen LogP) is 2.67. The highest BCUT2D eigenvalue weighted by Gasteiger charge is 2.18. The average Bonchev–Trinajstić information content (AvgIpc) is 2.70. The summed E-state index contributed by atoms with van der Waals surface area (Å²) in [5.74, 6) is -2.07. The lowest BCUT2D eigenvalue weighted by molar-refractivity contribution is -0.116. The Balaban J connectivity index is 2.01. The number of anilines is 1. The fourth-order valence-electron chi connectivity index (χ4n) is 2.98. The van der Waals surface area contributed by atoms with Crippen LogP contribution in [0.3, 0.4) is 0 Å². The summed E-state index contributed by atoms with van der Waals surface area (Å²) in [5.41, 5.74) is 0.739. The number of hydrogen-bond acceptors (Lipinski definition) is 4. The highest BCUT2D eigenvalue weighted by Crippen LogP contribution is 2.18. The van der Waals surface area contributed by atoms with Gasteiger partial charge in [-0.15, -0.1) is 0 Å². The van der Waals surface area contributed by atoms with Crippen LogP contribution >= 0.6 is 0 Å². The minimum Gasteiger partial charge on any atom is -0.396 e. The van der Waals surface area contributed by atoms with E-state index in [0.717, 1.165) is 12.1 Å². The molecule has 150 valence electrons. The van der Waals surface area contributed by atoms with Gasteiger partial charge in [0, 0.05) is 35.9 Å². The van der Waals surface area contributed by atoms with Crippen LogP contribution in [0, 0.1) is 18.6 Å². The molecule has 2 aromatic carbocycles. The number of aliphatic hydroxyl groups is 1. The number of halogens is 2. The standard InChI is InChI=1S/C21H19F2N3O3/c1-13-16(9-10-27)21(29)26(20(24-13)14-5-3-2-4-6-14)12-19(28)25-18-8-7-15(22)11-17(18)23/h2-8,11,27H,9-10,12H2,1H3,(H,25,28). The molecule has 6 nitrogen and oxygen atoms in total. The highest BCUT2D eigenvalue weighted by atomic mass is 19.1. The maximum atomic E-state index is 13.8. The zero-order chi connectivity index (χ0) is 21.0. The number of aromatic nitrogens is 2. The molecule has 8 heteroatoms. The average molecular weight is 399 g/mol. The largest absolute Gasteiger partial charge is 0.396 e. The third kappa shape index (κ3) is 4.55. The quantitative estimate of drug-likeness (QED) is 0.668. The van der Waals surface area contributed by atoms with Gasteiger partial charge in [0.2, 0.25) is 5.91 Å². The first-order chi connectivity index (χ1) is 13.9. The van der Waals surface area contributed by atoms with E-state index in [2.05, 4.69) is 10.3 Å². The number of nitrogens with one attached hydrogen (secondary N) is 1. The van der Waals surface area contributed by atoms with Crippen molar-refractivity contribution in [3.63, 3.8) is 0 Å². The maximum Gasteiger partial charge on any atom is 0.257 e. The van der Waals surface area contributed by atoms with Gasteiger partial charge in [-0.3, -0.25) is 14.2 Å². The Labute approximate surface area is 165 Å². The number of amides is 1. The molecule has 0 radical (unpaired) electrons. The lowest BCUT2D eigenvalue weighted by Crippen LogP contribution is -2.33. The van der Waals surface area contributed by atoms with Crippen LogP contribution in [-0.2, 0) is 17.8 Å². The third-order valence-corrected chi connectivity index (χ3v) is 4.37. The van der Waals surface area contributed by atoms with E-state index in [-0.39, 0.29) is 24.5 Å². The molecule has 1 heterocycles. The summed E-state index contributed by atoms with van der Waals surface area (Å²) in [4.78, 5) is 29.9. The number of carbonyl (C=O) groups excluding carboxylic acids is 1. The van der Waals surface area contributed by atoms with Crippen molar-refractivity contribution in [3.05, 3.63) is 81.8 Å². The van der Waals surface area contributed by atoms with Crippen molar-refractivity contribution in [2.24, 2.45) is 0 Å². The molecule has 0 saturated heterocycles. The second kappa shape index (κ2) is 8.74. The summed E-state index contributed by atoms with van der Waals surface area (Å²) in [6.07, 6.45) is 0.0982. The molecule has 2 N–H and O–H groups in total. The van der Waals surface area contributed by atoms with Crippen molar-refractivity contribution in [2.45, 2.75) is 19.9 Å². The van der Waals surface area contributed by atoms with Gasteiger partial charge in [-0.05, 0) is 19.1 Å². The van der Waals surface area contributed by atoms with Gasteiger partial charge in [0.05, 0.1) is 5.69 Å². The normalized spacial score (nSPS) is 10.8. The maximum absolute atomic E-state index is 13.8. The Morgan fingerprint density at radius 2 is 1.90 bits per heavy atom. The zero-order valence-corrected chi connectivity index (χ0v) is 15.7. The van der Waals surface area contributed by atoms with Gasteiger partial charge in [0.1, 0.15) is 24.0 Å². The molecule has 0 aliphatic heterocycles. The fourth-order valence-corrected chi connectivity index (χ4v) is 2.98. The van der Waals surface area contributed by atoms with Crippen LogP contribution in [-0.4, -0.2) is 27.2 Å². The van der Waals surface area contributed by atoms with Crippen LogP contribution in [0.2, 0.25) is 0 Å². The Bertz CT molecular complexity index is 1100. The second-order valence-electron chi connectivity index (χ2n) is 6.40. The fraction of sp³-hybridized carbons (Fsp3) is 0.190. The van der Waals surface area contributed by atoms with Crippen molar-refractivity contribution in [1.82, 2.24) is 9.55 Å². The number of hydrogen-bond donors (Lipinski definition) is 2. The van der Waals surface area contributed by atoms with Gasteiger partial charge in [-0.1, -0.05) is 30.3 Å². The molecule has 0 bridgehead atoms.